The first-order valence-electron chi connectivity index (χ1n) is 5.00. The first-order chi connectivity index (χ1) is 7.29. The SMILES string of the molecule is NNc1cncc(NCC(O)C2CC2)n1. The Balaban J connectivity index is 1.86. The van der Waals surface area contributed by atoms with Crippen molar-refractivity contribution < 1.29 is 5.11 Å². The molecule has 15 heavy (non-hydrogen) atoms. The van der Waals surface area contributed by atoms with E-state index in [9.17, 15) is 5.11 Å². The third kappa shape index (κ3) is 2.77. The highest BCUT2D eigenvalue weighted by Gasteiger charge is 2.29. The zero-order valence-corrected chi connectivity index (χ0v) is 8.35. The van der Waals surface area contributed by atoms with Crippen LogP contribution in [0.4, 0.5) is 11.6 Å². The molecule has 1 atom stereocenters. The van der Waals surface area contributed by atoms with Crippen molar-refractivity contribution in [3.05, 3.63) is 12.4 Å². The van der Waals surface area contributed by atoms with Gasteiger partial charge in [-0.2, -0.15) is 0 Å². The lowest BCUT2D eigenvalue weighted by Crippen LogP contribution is -2.22. The van der Waals surface area contributed by atoms with Gasteiger partial charge >= 0.3 is 0 Å². The van der Waals surface area contributed by atoms with E-state index in [1.807, 2.05) is 0 Å². The molecule has 6 heteroatoms. The summed E-state index contributed by atoms with van der Waals surface area (Å²) in [5.74, 6) is 6.78. The molecule has 0 aromatic carbocycles. The topological polar surface area (TPSA) is 96.1 Å². The van der Waals surface area contributed by atoms with Crippen molar-refractivity contribution >= 4 is 11.6 Å². The second kappa shape index (κ2) is 4.41. The Morgan fingerprint density at radius 1 is 1.47 bits per heavy atom. The maximum absolute atomic E-state index is 9.63. The smallest absolute Gasteiger partial charge is 0.160 e. The number of rotatable bonds is 5. The second-order valence-corrected chi connectivity index (χ2v) is 3.72. The fourth-order valence-corrected chi connectivity index (χ4v) is 1.38. The highest BCUT2D eigenvalue weighted by atomic mass is 16.3. The average molecular weight is 209 g/mol. The first-order valence-corrected chi connectivity index (χ1v) is 5.00. The van der Waals surface area contributed by atoms with Crippen molar-refractivity contribution in [2.45, 2.75) is 18.9 Å². The Morgan fingerprint density at radius 3 is 2.87 bits per heavy atom. The maximum Gasteiger partial charge on any atom is 0.160 e. The number of nitrogens with two attached hydrogens (primary N) is 1. The van der Waals surface area contributed by atoms with Crippen molar-refractivity contribution in [1.82, 2.24) is 9.97 Å². The molecule has 1 unspecified atom stereocenters. The van der Waals surface area contributed by atoms with Crippen LogP contribution in [0.2, 0.25) is 0 Å². The van der Waals surface area contributed by atoms with Gasteiger partial charge in [0.05, 0.1) is 18.5 Å². The lowest BCUT2D eigenvalue weighted by Gasteiger charge is -2.11. The Hall–Kier alpha value is -1.40. The van der Waals surface area contributed by atoms with Crippen LogP contribution in [0.15, 0.2) is 12.4 Å². The van der Waals surface area contributed by atoms with Crippen LogP contribution < -0.4 is 16.6 Å². The first kappa shape index (κ1) is 10.1. The molecule has 1 aliphatic rings. The summed E-state index contributed by atoms with van der Waals surface area (Å²) in [6.45, 7) is 0.507. The molecule has 0 bridgehead atoms. The lowest BCUT2D eigenvalue weighted by molar-refractivity contribution is 0.164. The molecule has 0 aliphatic heterocycles. The van der Waals surface area contributed by atoms with Crippen LogP contribution in [0.25, 0.3) is 0 Å². The minimum absolute atomic E-state index is 0.290. The molecule has 82 valence electrons. The molecule has 0 radical (unpaired) electrons. The summed E-state index contributed by atoms with van der Waals surface area (Å²) in [6.07, 6.45) is 5.09. The van der Waals surface area contributed by atoms with Crippen molar-refractivity contribution in [1.29, 1.82) is 0 Å². The molecule has 0 amide bonds. The van der Waals surface area contributed by atoms with Gasteiger partial charge in [-0.15, -0.1) is 0 Å². The fourth-order valence-electron chi connectivity index (χ4n) is 1.38. The summed E-state index contributed by atoms with van der Waals surface area (Å²) >= 11 is 0. The van der Waals surface area contributed by atoms with Crippen LogP contribution in [0.1, 0.15) is 12.8 Å². The van der Waals surface area contributed by atoms with Gasteiger partial charge in [0, 0.05) is 6.54 Å². The van der Waals surface area contributed by atoms with Crippen LogP contribution in [0.5, 0.6) is 0 Å². The van der Waals surface area contributed by atoms with Crippen LogP contribution >= 0.6 is 0 Å². The monoisotopic (exact) mass is 209 g/mol. The molecule has 0 spiro atoms. The number of aliphatic hydroxyl groups excluding tert-OH is 1. The number of hydrazine groups is 1. The molecule has 1 heterocycles. The van der Waals surface area contributed by atoms with E-state index in [1.54, 1.807) is 6.20 Å². The molecule has 1 aromatic rings. The van der Waals surface area contributed by atoms with Gasteiger partial charge < -0.3 is 15.8 Å². The van der Waals surface area contributed by atoms with Crippen LogP contribution in [0.3, 0.4) is 0 Å². The largest absolute Gasteiger partial charge is 0.391 e. The van der Waals surface area contributed by atoms with Gasteiger partial charge in [0.2, 0.25) is 0 Å². The third-order valence-electron chi connectivity index (χ3n) is 2.44. The molecular weight excluding hydrogens is 194 g/mol. The van der Waals surface area contributed by atoms with Gasteiger partial charge in [-0.25, -0.2) is 10.8 Å². The van der Waals surface area contributed by atoms with Crippen molar-refractivity contribution in [2.24, 2.45) is 11.8 Å². The van der Waals surface area contributed by atoms with E-state index in [2.05, 4.69) is 20.7 Å². The van der Waals surface area contributed by atoms with Gasteiger partial charge in [0.25, 0.3) is 0 Å². The number of nitrogens with zero attached hydrogens (tertiary/aromatic N) is 2. The standard InChI is InChI=1S/C9H15N5O/c10-14-9-5-11-4-8(13-9)12-3-7(15)6-1-2-6/h4-7,15H,1-3,10H2,(H2,12,13,14). The summed E-state index contributed by atoms with van der Waals surface area (Å²) in [6, 6.07) is 0. The molecule has 1 aromatic heterocycles. The normalized spacial score (nSPS) is 17.2. The zero-order chi connectivity index (χ0) is 10.7. The van der Waals surface area contributed by atoms with Gasteiger partial charge in [0.1, 0.15) is 5.82 Å². The van der Waals surface area contributed by atoms with Gasteiger partial charge in [-0.3, -0.25) is 4.98 Å². The van der Waals surface area contributed by atoms with E-state index < -0.39 is 0 Å². The summed E-state index contributed by atoms with van der Waals surface area (Å²) < 4.78 is 0. The van der Waals surface area contributed by atoms with Crippen LogP contribution in [0, 0.1) is 5.92 Å². The Labute approximate surface area is 87.9 Å². The van der Waals surface area contributed by atoms with Crippen molar-refractivity contribution in [3.63, 3.8) is 0 Å². The molecule has 1 aliphatic carbocycles. The van der Waals surface area contributed by atoms with E-state index in [-0.39, 0.29) is 6.10 Å². The average Bonchev–Trinajstić information content (AvgIpc) is 3.10. The van der Waals surface area contributed by atoms with E-state index in [1.165, 1.54) is 6.20 Å². The molecule has 2 rings (SSSR count). The number of nitrogens with one attached hydrogen (secondary N) is 2. The van der Waals surface area contributed by atoms with Crippen LogP contribution in [-0.2, 0) is 0 Å². The van der Waals surface area contributed by atoms with Gasteiger partial charge in [0.15, 0.2) is 5.82 Å². The third-order valence-corrected chi connectivity index (χ3v) is 2.44. The van der Waals surface area contributed by atoms with Crippen LogP contribution in [-0.4, -0.2) is 27.7 Å². The molecule has 6 nitrogen and oxygen atoms in total. The molecule has 0 saturated heterocycles. The lowest BCUT2D eigenvalue weighted by atomic mass is 10.2. The number of anilines is 2. The van der Waals surface area contributed by atoms with E-state index in [0.717, 1.165) is 12.8 Å². The second-order valence-electron chi connectivity index (χ2n) is 3.72. The molecule has 5 N–H and O–H groups in total. The molecular formula is C9H15N5O. The number of nitrogen functional groups attached to an aromatic ring is 1. The highest BCUT2D eigenvalue weighted by molar-refractivity contribution is 5.40. The predicted octanol–water partition coefficient (Wildman–Crippen LogP) is -0.0550. The van der Waals surface area contributed by atoms with Gasteiger partial charge in [-0.05, 0) is 18.8 Å². The van der Waals surface area contributed by atoms with E-state index in [0.29, 0.717) is 24.1 Å². The Kier molecular flexibility index (Phi) is 2.98. The summed E-state index contributed by atoms with van der Waals surface area (Å²) in [5.41, 5.74) is 2.41. The van der Waals surface area contributed by atoms with Crippen molar-refractivity contribution in [3.8, 4) is 0 Å². The zero-order valence-electron chi connectivity index (χ0n) is 8.35. The number of hydrogen-bond donors (Lipinski definition) is 4. The number of aromatic nitrogens is 2. The number of hydrogen-bond acceptors (Lipinski definition) is 6. The Morgan fingerprint density at radius 2 is 2.20 bits per heavy atom. The quantitative estimate of drug-likeness (QED) is 0.401. The Bertz CT molecular complexity index is 328. The summed E-state index contributed by atoms with van der Waals surface area (Å²) in [5, 5.41) is 12.6. The number of aliphatic hydroxyl groups is 1. The highest BCUT2D eigenvalue weighted by Crippen LogP contribution is 2.32. The van der Waals surface area contributed by atoms with E-state index in [4.69, 9.17) is 5.84 Å². The minimum Gasteiger partial charge on any atom is -0.391 e. The molecule has 1 fully saturated rings. The minimum atomic E-state index is -0.290. The summed E-state index contributed by atoms with van der Waals surface area (Å²) in [7, 11) is 0. The van der Waals surface area contributed by atoms with E-state index >= 15 is 0 Å². The van der Waals surface area contributed by atoms with Crippen molar-refractivity contribution in [2.75, 3.05) is 17.3 Å². The molecule has 1 saturated carbocycles. The maximum atomic E-state index is 9.63. The summed E-state index contributed by atoms with van der Waals surface area (Å²) in [4.78, 5) is 8.07. The predicted molar refractivity (Wildman–Crippen MR) is 57.1 cm³/mol. The fraction of sp³-hybridized carbons (Fsp3) is 0.556. The van der Waals surface area contributed by atoms with Gasteiger partial charge in [-0.1, -0.05) is 0 Å².